The summed E-state index contributed by atoms with van der Waals surface area (Å²) in [7, 11) is 1.38. The summed E-state index contributed by atoms with van der Waals surface area (Å²) in [6.45, 7) is 0.647. The lowest BCUT2D eigenvalue weighted by molar-refractivity contribution is 0.0601. The molecular weight excluding hydrogens is 384 g/mol. The van der Waals surface area contributed by atoms with Gasteiger partial charge in [0.2, 0.25) is 0 Å². The standard InChI is InChI=1S/C22H18N4O2S/c1-28-22(27)19-5-4-16(12-20(19)17-3-2-6-23-13-17)11-18(21-25-8-10-29-21)14-26-9-7-24-15-26/h2-13,15H,14H2,1H3. The summed E-state index contributed by atoms with van der Waals surface area (Å²) in [6.07, 6.45) is 12.8. The number of hydrogen-bond donors (Lipinski definition) is 0. The first-order chi connectivity index (χ1) is 14.2. The summed E-state index contributed by atoms with van der Waals surface area (Å²) in [5.74, 6) is -0.377. The Morgan fingerprint density at radius 2 is 2.14 bits per heavy atom. The van der Waals surface area contributed by atoms with Crippen molar-refractivity contribution in [1.29, 1.82) is 0 Å². The molecule has 4 rings (SSSR count). The van der Waals surface area contributed by atoms with Gasteiger partial charge in [-0.25, -0.2) is 14.8 Å². The van der Waals surface area contributed by atoms with Crippen LogP contribution in [0.4, 0.5) is 0 Å². The van der Waals surface area contributed by atoms with Crippen LogP contribution in [0.5, 0.6) is 0 Å². The molecule has 0 aliphatic heterocycles. The SMILES string of the molecule is COC(=O)c1ccc(C=C(Cn2ccnc2)c2nccs2)cc1-c1cccnc1. The van der Waals surface area contributed by atoms with E-state index in [4.69, 9.17) is 4.74 Å². The molecule has 29 heavy (non-hydrogen) atoms. The number of pyridine rings is 1. The van der Waals surface area contributed by atoms with Crippen LogP contribution in [0.2, 0.25) is 0 Å². The molecular formula is C22H18N4O2S. The van der Waals surface area contributed by atoms with Crippen LogP contribution < -0.4 is 0 Å². The molecule has 0 unspecified atom stereocenters. The maximum absolute atomic E-state index is 12.3. The third-order valence-electron chi connectivity index (χ3n) is 4.38. The van der Waals surface area contributed by atoms with Gasteiger partial charge in [-0.15, -0.1) is 11.3 Å². The maximum atomic E-state index is 12.3. The molecule has 7 heteroatoms. The van der Waals surface area contributed by atoms with Gasteiger partial charge in [0.25, 0.3) is 0 Å². The molecule has 3 aromatic heterocycles. The fourth-order valence-electron chi connectivity index (χ4n) is 3.04. The van der Waals surface area contributed by atoms with Gasteiger partial charge in [0.05, 0.1) is 25.5 Å². The molecule has 0 amide bonds. The Hall–Kier alpha value is -3.58. The molecule has 144 valence electrons. The van der Waals surface area contributed by atoms with Crippen molar-refractivity contribution in [1.82, 2.24) is 19.5 Å². The summed E-state index contributed by atoms with van der Waals surface area (Å²) in [5.41, 5.74) is 4.15. The van der Waals surface area contributed by atoms with Gasteiger partial charge < -0.3 is 9.30 Å². The smallest absolute Gasteiger partial charge is 0.338 e. The van der Waals surface area contributed by atoms with E-state index in [0.29, 0.717) is 12.1 Å². The average Bonchev–Trinajstić information content (AvgIpc) is 3.47. The first-order valence-electron chi connectivity index (χ1n) is 8.93. The van der Waals surface area contributed by atoms with Crippen LogP contribution in [0, 0.1) is 0 Å². The lowest BCUT2D eigenvalue weighted by atomic mass is 9.97. The van der Waals surface area contributed by atoms with Crippen LogP contribution in [0.25, 0.3) is 22.8 Å². The molecule has 4 aromatic rings. The number of nitrogens with zero attached hydrogens (tertiary/aromatic N) is 4. The van der Waals surface area contributed by atoms with E-state index in [9.17, 15) is 4.79 Å². The number of ether oxygens (including phenoxy) is 1. The predicted octanol–water partition coefficient (Wildman–Crippen LogP) is 4.43. The molecule has 0 saturated carbocycles. The minimum atomic E-state index is -0.377. The van der Waals surface area contributed by atoms with Crippen molar-refractivity contribution in [2.24, 2.45) is 0 Å². The van der Waals surface area contributed by atoms with Gasteiger partial charge in [-0.2, -0.15) is 0 Å². The van der Waals surface area contributed by atoms with E-state index in [1.165, 1.54) is 7.11 Å². The Bertz CT molecular complexity index is 1120. The number of carbonyl (C=O) groups is 1. The van der Waals surface area contributed by atoms with E-state index in [2.05, 4.69) is 21.0 Å². The van der Waals surface area contributed by atoms with E-state index in [1.54, 1.807) is 48.5 Å². The summed E-state index contributed by atoms with van der Waals surface area (Å²) >= 11 is 1.59. The Labute approximate surface area is 172 Å². The molecule has 0 fully saturated rings. The number of allylic oxidation sites excluding steroid dienone is 1. The Morgan fingerprint density at radius 3 is 2.83 bits per heavy atom. The summed E-state index contributed by atoms with van der Waals surface area (Å²) in [5, 5.41) is 2.90. The van der Waals surface area contributed by atoms with Gasteiger partial charge >= 0.3 is 5.97 Å². The summed E-state index contributed by atoms with van der Waals surface area (Å²) in [4.78, 5) is 25.0. The summed E-state index contributed by atoms with van der Waals surface area (Å²) < 4.78 is 6.95. The molecule has 3 heterocycles. The highest BCUT2D eigenvalue weighted by molar-refractivity contribution is 7.10. The van der Waals surface area contributed by atoms with Gasteiger partial charge in [0, 0.05) is 47.5 Å². The highest BCUT2D eigenvalue weighted by atomic mass is 32.1. The molecule has 0 spiro atoms. The lowest BCUT2D eigenvalue weighted by Crippen LogP contribution is -2.04. The number of aromatic nitrogens is 4. The number of carbonyl (C=O) groups excluding carboxylic acids is 1. The Morgan fingerprint density at radius 1 is 1.21 bits per heavy atom. The van der Waals surface area contributed by atoms with E-state index in [-0.39, 0.29) is 5.97 Å². The fourth-order valence-corrected chi connectivity index (χ4v) is 3.68. The number of esters is 1. The summed E-state index contributed by atoms with van der Waals surface area (Å²) in [6, 6.07) is 9.45. The number of imidazole rings is 1. The Balaban J connectivity index is 1.79. The number of hydrogen-bond acceptors (Lipinski definition) is 6. The van der Waals surface area contributed by atoms with Gasteiger partial charge in [-0.3, -0.25) is 4.98 Å². The van der Waals surface area contributed by atoms with E-state index < -0.39 is 0 Å². The molecule has 0 bridgehead atoms. The second-order valence-electron chi connectivity index (χ2n) is 6.28. The van der Waals surface area contributed by atoms with Crippen LogP contribution in [0.3, 0.4) is 0 Å². The zero-order valence-electron chi connectivity index (χ0n) is 15.7. The van der Waals surface area contributed by atoms with Crippen molar-refractivity contribution in [2.45, 2.75) is 6.54 Å². The van der Waals surface area contributed by atoms with Crippen LogP contribution in [-0.2, 0) is 11.3 Å². The topological polar surface area (TPSA) is 69.9 Å². The van der Waals surface area contributed by atoms with Crippen molar-refractivity contribution in [3.63, 3.8) is 0 Å². The minimum absolute atomic E-state index is 0.377. The molecule has 1 aromatic carbocycles. The monoisotopic (exact) mass is 402 g/mol. The van der Waals surface area contributed by atoms with Gasteiger partial charge in [0.1, 0.15) is 5.01 Å². The van der Waals surface area contributed by atoms with Gasteiger partial charge in [-0.05, 0) is 35.4 Å². The minimum Gasteiger partial charge on any atom is -0.465 e. The molecule has 0 aliphatic rings. The zero-order chi connectivity index (χ0) is 20.1. The highest BCUT2D eigenvalue weighted by Gasteiger charge is 2.14. The zero-order valence-corrected chi connectivity index (χ0v) is 16.5. The van der Waals surface area contributed by atoms with Crippen molar-refractivity contribution in [2.75, 3.05) is 7.11 Å². The second-order valence-corrected chi connectivity index (χ2v) is 7.17. The quantitative estimate of drug-likeness (QED) is 0.446. The van der Waals surface area contributed by atoms with Crippen LogP contribution in [0.1, 0.15) is 20.9 Å². The highest BCUT2D eigenvalue weighted by Crippen LogP contribution is 2.28. The fraction of sp³-hybridized carbons (Fsp3) is 0.0909. The molecule has 0 aliphatic carbocycles. The molecule has 0 N–H and O–H groups in total. The lowest BCUT2D eigenvalue weighted by Gasteiger charge is -2.11. The normalized spacial score (nSPS) is 11.4. The molecule has 6 nitrogen and oxygen atoms in total. The van der Waals surface area contributed by atoms with Gasteiger partial charge in [-0.1, -0.05) is 12.1 Å². The molecule has 0 saturated heterocycles. The number of rotatable bonds is 6. The van der Waals surface area contributed by atoms with E-state index in [0.717, 1.165) is 27.3 Å². The number of methoxy groups -OCH3 is 1. The van der Waals surface area contributed by atoms with Gasteiger partial charge in [0.15, 0.2) is 0 Å². The van der Waals surface area contributed by atoms with Crippen LogP contribution in [-0.4, -0.2) is 32.6 Å². The third-order valence-corrected chi connectivity index (χ3v) is 5.23. The van der Waals surface area contributed by atoms with Crippen molar-refractivity contribution < 1.29 is 9.53 Å². The van der Waals surface area contributed by atoms with Crippen molar-refractivity contribution >= 4 is 29.0 Å². The molecule has 0 atom stereocenters. The van der Waals surface area contributed by atoms with Crippen molar-refractivity contribution in [3.05, 3.63) is 89.2 Å². The largest absolute Gasteiger partial charge is 0.465 e. The van der Waals surface area contributed by atoms with E-state index in [1.807, 2.05) is 40.4 Å². The maximum Gasteiger partial charge on any atom is 0.338 e. The van der Waals surface area contributed by atoms with E-state index >= 15 is 0 Å². The van der Waals surface area contributed by atoms with Crippen LogP contribution >= 0.6 is 11.3 Å². The number of thiazole rings is 1. The molecule has 0 radical (unpaired) electrons. The Kier molecular flexibility index (Phi) is 5.58. The van der Waals surface area contributed by atoms with Crippen LogP contribution in [0.15, 0.2) is 73.0 Å². The third kappa shape index (κ3) is 4.30. The second kappa shape index (κ2) is 8.62. The van der Waals surface area contributed by atoms with Crippen molar-refractivity contribution in [3.8, 4) is 11.1 Å². The number of benzene rings is 1. The first-order valence-corrected chi connectivity index (χ1v) is 9.81. The average molecular weight is 402 g/mol. The predicted molar refractivity (Wildman–Crippen MR) is 113 cm³/mol. The first kappa shape index (κ1) is 18.8.